The molecule has 3 rings (SSSR count). The van der Waals surface area contributed by atoms with Crippen molar-refractivity contribution in [3.8, 4) is 0 Å². The van der Waals surface area contributed by atoms with Crippen molar-refractivity contribution >= 4 is 17.7 Å². The molecule has 1 N–H and O–H groups in total. The predicted octanol–water partition coefficient (Wildman–Crippen LogP) is 2.02. The lowest BCUT2D eigenvalue weighted by Gasteiger charge is -2.28. The third-order valence-electron chi connectivity index (χ3n) is 4.19. The smallest absolute Gasteiger partial charge is 0.262 e. The Bertz CT molecular complexity index is 783. The summed E-state index contributed by atoms with van der Waals surface area (Å²) in [5, 5.41) is 2.80. The van der Waals surface area contributed by atoms with E-state index >= 15 is 0 Å². The van der Waals surface area contributed by atoms with E-state index in [1.165, 1.54) is 0 Å². The van der Waals surface area contributed by atoms with E-state index in [1.54, 1.807) is 42.7 Å². The summed E-state index contributed by atoms with van der Waals surface area (Å²) in [7, 11) is 0. The van der Waals surface area contributed by atoms with E-state index in [1.807, 2.05) is 19.9 Å². The molecule has 2 heterocycles. The first-order valence-electron chi connectivity index (χ1n) is 8.14. The molecule has 3 amide bonds. The molecule has 1 aromatic heterocycles. The van der Waals surface area contributed by atoms with Crippen molar-refractivity contribution in [3.63, 3.8) is 0 Å². The number of aromatic nitrogens is 1. The average Bonchev–Trinajstić information content (AvgIpc) is 2.86. The lowest BCUT2D eigenvalue weighted by atomic mass is 10.0. The lowest BCUT2D eigenvalue weighted by molar-refractivity contribution is -0.126. The normalized spacial score (nSPS) is 14.6. The molecule has 1 atom stereocenters. The van der Waals surface area contributed by atoms with Gasteiger partial charge in [0.2, 0.25) is 5.91 Å². The lowest BCUT2D eigenvalue weighted by Crippen LogP contribution is -2.52. The van der Waals surface area contributed by atoms with Crippen molar-refractivity contribution in [3.05, 3.63) is 65.5 Å². The largest absolute Gasteiger partial charge is 0.350 e. The van der Waals surface area contributed by atoms with Crippen molar-refractivity contribution in [2.45, 2.75) is 26.4 Å². The molecule has 1 aliphatic heterocycles. The highest BCUT2D eigenvalue weighted by Gasteiger charge is 2.43. The zero-order chi connectivity index (χ0) is 18.0. The van der Waals surface area contributed by atoms with Gasteiger partial charge in [-0.05, 0) is 29.7 Å². The van der Waals surface area contributed by atoms with E-state index in [4.69, 9.17) is 0 Å². The molecule has 2 aromatic rings. The van der Waals surface area contributed by atoms with Crippen LogP contribution in [0.25, 0.3) is 0 Å². The minimum Gasteiger partial charge on any atom is -0.350 e. The monoisotopic (exact) mass is 337 g/mol. The molecule has 1 unspecified atom stereocenters. The molecule has 0 spiro atoms. The quantitative estimate of drug-likeness (QED) is 0.847. The van der Waals surface area contributed by atoms with Gasteiger partial charge in [-0.25, -0.2) is 0 Å². The fraction of sp³-hybridized carbons (Fsp3) is 0.263. The van der Waals surface area contributed by atoms with Crippen LogP contribution in [0, 0.1) is 5.92 Å². The molecule has 0 fully saturated rings. The van der Waals surface area contributed by atoms with Crippen molar-refractivity contribution in [1.29, 1.82) is 0 Å². The summed E-state index contributed by atoms with van der Waals surface area (Å²) >= 11 is 0. The average molecular weight is 337 g/mol. The van der Waals surface area contributed by atoms with Crippen molar-refractivity contribution in [1.82, 2.24) is 15.2 Å². The summed E-state index contributed by atoms with van der Waals surface area (Å²) in [4.78, 5) is 43.1. The van der Waals surface area contributed by atoms with Gasteiger partial charge in [-0.15, -0.1) is 0 Å². The van der Waals surface area contributed by atoms with Crippen LogP contribution in [0.3, 0.4) is 0 Å². The first-order chi connectivity index (χ1) is 12.0. The number of hydrogen-bond donors (Lipinski definition) is 1. The molecule has 0 saturated heterocycles. The van der Waals surface area contributed by atoms with E-state index in [2.05, 4.69) is 10.3 Å². The van der Waals surface area contributed by atoms with E-state index in [9.17, 15) is 14.4 Å². The number of carbonyl (C=O) groups is 3. The van der Waals surface area contributed by atoms with Crippen molar-refractivity contribution in [2.24, 2.45) is 5.92 Å². The molecule has 25 heavy (non-hydrogen) atoms. The van der Waals surface area contributed by atoms with Gasteiger partial charge in [-0.1, -0.05) is 32.0 Å². The molecule has 0 saturated carbocycles. The van der Waals surface area contributed by atoms with Crippen LogP contribution in [0.15, 0.2) is 48.8 Å². The Kier molecular flexibility index (Phi) is 4.61. The van der Waals surface area contributed by atoms with Gasteiger partial charge in [0, 0.05) is 18.9 Å². The van der Waals surface area contributed by atoms with Gasteiger partial charge in [0.25, 0.3) is 11.8 Å². The topological polar surface area (TPSA) is 79.4 Å². The third kappa shape index (κ3) is 3.15. The van der Waals surface area contributed by atoms with Crippen LogP contribution in [0.1, 0.15) is 40.1 Å². The van der Waals surface area contributed by atoms with Crippen molar-refractivity contribution in [2.75, 3.05) is 0 Å². The molecule has 0 aliphatic carbocycles. The van der Waals surface area contributed by atoms with Gasteiger partial charge in [-0.2, -0.15) is 0 Å². The molecule has 0 radical (unpaired) electrons. The number of pyridine rings is 1. The second-order valence-corrected chi connectivity index (χ2v) is 6.29. The summed E-state index contributed by atoms with van der Waals surface area (Å²) in [5.74, 6) is -1.41. The highest BCUT2D eigenvalue weighted by molar-refractivity contribution is 6.22. The Labute approximate surface area is 145 Å². The minimum absolute atomic E-state index is 0.212. The van der Waals surface area contributed by atoms with Crippen LogP contribution in [-0.2, 0) is 11.3 Å². The molecule has 6 heteroatoms. The standard InChI is InChI=1S/C19H19N3O3/c1-12(2)16(17(23)21-11-13-6-5-9-20-10-13)22-18(24)14-7-3-4-8-15(14)19(22)25/h3-10,12,16H,11H2,1-2H3,(H,21,23). The van der Waals surface area contributed by atoms with E-state index < -0.39 is 17.9 Å². The molecule has 128 valence electrons. The summed E-state index contributed by atoms with van der Waals surface area (Å²) < 4.78 is 0. The van der Waals surface area contributed by atoms with Crippen LogP contribution in [0.4, 0.5) is 0 Å². The fourth-order valence-electron chi connectivity index (χ4n) is 2.98. The van der Waals surface area contributed by atoms with Gasteiger partial charge in [-0.3, -0.25) is 24.3 Å². The Balaban J connectivity index is 1.81. The Morgan fingerprint density at radius 2 is 1.72 bits per heavy atom. The predicted molar refractivity (Wildman–Crippen MR) is 91.7 cm³/mol. The van der Waals surface area contributed by atoms with Gasteiger partial charge in [0.05, 0.1) is 11.1 Å². The number of nitrogens with one attached hydrogen (secondary N) is 1. The number of imide groups is 1. The fourth-order valence-corrected chi connectivity index (χ4v) is 2.98. The Morgan fingerprint density at radius 3 is 2.24 bits per heavy atom. The molecule has 0 bridgehead atoms. The number of benzene rings is 1. The zero-order valence-corrected chi connectivity index (χ0v) is 14.1. The summed E-state index contributed by atoms with van der Waals surface area (Å²) in [6.07, 6.45) is 3.31. The third-order valence-corrected chi connectivity index (χ3v) is 4.19. The zero-order valence-electron chi connectivity index (χ0n) is 14.1. The first-order valence-corrected chi connectivity index (χ1v) is 8.14. The molecular weight excluding hydrogens is 318 g/mol. The highest BCUT2D eigenvalue weighted by Crippen LogP contribution is 2.27. The number of carbonyl (C=O) groups excluding carboxylic acids is 3. The van der Waals surface area contributed by atoms with Crippen LogP contribution < -0.4 is 5.32 Å². The number of rotatable bonds is 5. The second kappa shape index (κ2) is 6.84. The first kappa shape index (κ1) is 16.8. The maximum absolute atomic E-state index is 12.7. The summed E-state index contributed by atoms with van der Waals surface area (Å²) in [6, 6.07) is 9.41. The molecular formula is C19H19N3O3. The molecule has 1 aliphatic rings. The molecule has 1 aromatic carbocycles. The minimum atomic E-state index is -0.857. The molecule has 6 nitrogen and oxygen atoms in total. The number of amides is 3. The van der Waals surface area contributed by atoms with E-state index in [0.29, 0.717) is 17.7 Å². The number of nitrogens with zero attached hydrogens (tertiary/aromatic N) is 2. The van der Waals surface area contributed by atoms with Crippen LogP contribution in [-0.4, -0.2) is 33.6 Å². The summed E-state index contributed by atoms with van der Waals surface area (Å²) in [5.41, 5.74) is 1.54. The van der Waals surface area contributed by atoms with E-state index in [-0.39, 0.29) is 11.8 Å². The Hall–Kier alpha value is -3.02. The highest BCUT2D eigenvalue weighted by atomic mass is 16.2. The van der Waals surface area contributed by atoms with Crippen molar-refractivity contribution < 1.29 is 14.4 Å². The van der Waals surface area contributed by atoms with Gasteiger partial charge in [0.15, 0.2) is 0 Å². The van der Waals surface area contributed by atoms with Crippen LogP contribution >= 0.6 is 0 Å². The second-order valence-electron chi connectivity index (χ2n) is 6.29. The van der Waals surface area contributed by atoms with Gasteiger partial charge in [0.1, 0.15) is 6.04 Å². The van der Waals surface area contributed by atoms with E-state index in [0.717, 1.165) is 10.5 Å². The maximum Gasteiger partial charge on any atom is 0.262 e. The maximum atomic E-state index is 12.7. The SMILES string of the molecule is CC(C)C(C(=O)NCc1cccnc1)N1C(=O)c2ccccc2C1=O. The van der Waals surface area contributed by atoms with Gasteiger partial charge >= 0.3 is 0 Å². The van der Waals surface area contributed by atoms with Crippen LogP contribution in [0.5, 0.6) is 0 Å². The number of fused-ring (bicyclic) bond motifs is 1. The summed E-state index contributed by atoms with van der Waals surface area (Å²) in [6.45, 7) is 3.93. The van der Waals surface area contributed by atoms with Crippen LogP contribution in [0.2, 0.25) is 0 Å². The Morgan fingerprint density at radius 1 is 1.08 bits per heavy atom. The number of hydrogen-bond acceptors (Lipinski definition) is 4. The van der Waals surface area contributed by atoms with Gasteiger partial charge < -0.3 is 5.32 Å².